The van der Waals surface area contributed by atoms with Crippen LogP contribution in [0.3, 0.4) is 0 Å². The second kappa shape index (κ2) is 8.21. The number of aryl methyl sites for hydroxylation is 1. The minimum Gasteiger partial charge on any atom is -0.460 e. The number of nitrogens with one attached hydrogen (secondary N) is 1. The molecule has 0 saturated heterocycles. The van der Waals surface area contributed by atoms with Crippen molar-refractivity contribution in [1.29, 1.82) is 0 Å². The molecule has 21 heavy (non-hydrogen) atoms. The molecule has 0 fully saturated rings. The first-order chi connectivity index (χ1) is 10.2. The van der Waals surface area contributed by atoms with Gasteiger partial charge < -0.3 is 10.1 Å². The zero-order valence-electron chi connectivity index (χ0n) is 11.6. The molecule has 1 aromatic carbocycles. The van der Waals surface area contributed by atoms with E-state index < -0.39 is 5.97 Å². The Hall–Kier alpha value is -2.14. The Morgan fingerprint density at radius 3 is 2.62 bits per heavy atom. The van der Waals surface area contributed by atoms with Crippen molar-refractivity contribution in [3.63, 3.8) is 0 Å². The van der Waals surface area contributed by atoms with E-state index in [-0.39, 0.29) is 19.1 Å². The summed E-state index contributed by atoms with van der Waals surface area (Å²) in [6.45, 7) is 0.139. The second-order valence-electron chi connectivity index (χ2n) is 4.55. The number of ether oxygens (including phenoxy) is 1. The van der Waals surface area contributed by atoms with E-state index in [2.05, 4.69) is 5.32 Å². The van der Waals surface area contributed by atoms with Crippen LogP contribution in [0.5, 0.6) is 0 Å². The van der Waals surface area contributed by atoms with Crippen LogP contribution in [0, 0.1) is 0 Å². The van der Waals surface area contributed by atoms with Crippen LogP contribution in [0.1, 0.15) is 17.5 Å². The third-order valence-electron chi connectivity index (χ3n) is 2.89. The molecule has 0 aliphatic heterocycles. The number of hydrogen-bond donors (Lipinski definition) is 1. The predicted octanol–water partition coefficient (Wildman–Crippen LogP) is 2.54. The number of esters is 1. The highest BCUT2D eigenvalue weighted by molar-refractivity contribution is 7.07. The lowest BCUT2D eigenvalue weighted by atomic mass is 10.2. The lowest BCUT2D eigenvalue weighted by molar-refractivity contribution is -0.145. The molecule has 0 aliphatic carbocycles. The van der Waals surface area contributed by atoms with Gasteiger partial charge in [0.15, 0.2) is 0 Å². The van der Waals surface area contributed by atoms with E-state index in [4.69, 9.17) is 4.74 Å². The Balaban J connectivity index is 1.61. The number of benzene rings is 1. The predicted molar refractivity (Wildman–Crippen MR) is 81.9 cm³/mol. The first kappa shape index (κ1) is 15.3. The molecule has 2 rings (SSSR count). The molecule has 0 aliphatic rings. The number of carbonyl (C=O) groups excluding carboxylic acids is 2. The first-order valence-electron chi connectivity index (χ1n) is 6.71. The highest BCUT2D eigenvalue weighted by Crippen LogP contribution is 2.08. The minimum absolute atomic E-state index is 0.0880. The minimum atomic E-state index is -0.428. The molecule has 1 amide bonds. The maximum atomic E-state index is 11.6. The molecule has 4 nitrogen and oxygen atoms in total. The molecular formula is C16H17NO3S. The molecule has 1 N–H and O–H groups in total. The fourth-order valence-electron chi connectivity index (χ4n) is 1.74. The van der Waals surface area contributed by atoms with Crippen molar-refractivity contribution in [2.75, 3.05) is 6.54 Å². The molecule has 2 aromatic rings. The van der Waals surface area contributed by atoms with Gasteiger partial charge in [-0.3, -0.25) is 9.59 Å². The van der Waals surface area contributed by atoms with Crippen LogP contribution < -0.4 is 5.32 Å². The zero-order valence-corrected chi connectivity index (χ0v) is 12.4. The van der Waals surface area contributed by atoms with Gasteiger partial charge >= 0.3 is 5.97 Å². The quantitative estimate of drug-likeness (QED) is 0.800. The summed E-state index contributed by atoms with van der Waals surface area (Å²) in [6.07, 6.45) is 1.07. The maximum absolute atomic E-state index is 11.6. The molecule has 0 unspecified atom stereocenters. The van der Waals surface area contributed by atoms with Crippen LogP contribution in [0.4, 0.5) is 0 Å². The third-order valence-corrected chi connectivity index (χ3v) is 3.63. The fourth-order valence-corrected chi connectivity index (χ4v) is 2.44. The van der Waals surface area contributed by atoms with Gasteiger partial charge in [0.25, 0.3) is 0 Å². The summed E-state index contributed by atoms with van der Waals surface area (Å²) in [5.41, 5.74) is 2.07. The third kappa shape index (κ3) is 5.79. The largest absolute Gasteiger partial charge is 0.460 e. The fraction of sp³-hybridized carbons (Fsp3) is 0.250. The highest BCUT2D eigenvalue weighted by Gasteiger charge is 2.07. The van der Waals surface area contributed by atoms with Crippen LogP contribution in [0.15, 0.2) is 47.2 Å². The summed E-state index contributed by atoms with van der Waals surface area (Å²) < 4.78 is 5.08. The molecule has 0 radical (unpaired) electrons. The van der Waals surface area contributed by atoms with Gasteiger partial charge in [0.1, 0.15) is 13.2 Å². The Kier molecular flexibility index (Phi) is 5.97. The van der Waals surface area contributed by atoms with Crippen molar-refractivity contribution < 1.29 is 14.3 Å². The topological polar surface area (TPSA) is 55.4 Å². The Bertz CT molecular complexity index is 566. The van der Waals surface area contributed by atoms with Crippen LogP contribution in [0.25, 0.3) is 0 Å². The average Bonchev–Trinajstić information content (AvgIpc) is 3.03. The lowest BCUT2D eigenvalue weighted by Gasteiger charge is -2.06. The normalized spacial score (nSPS) is 10.1. The SMILES string of the molecule is O=C(CCc1ccsc1)NCC(=O)OCc1ccccc1. The van der Waals surface area contributed by atoms with E-state index in [1.807, 2.05) is 47.2 Å². The van der Waals surface area contributed by atoms with Crippen molar-refractivity contribution in [1.82, 2.24) is 5.32 Å². The van der Waals surface area contributed by atoms with Crippen LogP contribution >= 0.6 is 11.3 Å². The van der Waals surface area contributed by atoms with Gasteiger partial charge in [-0.25, -0.2) is 0 Å². The van der Waals surface area contributed by atoms with Gasteiger partial charge in [-0.2, -0.15) is 11.3 Å². The monoisotopic (exact) mass is 303 g/mol. The van der Waals surface area contributed by atoms with Crippen LogP contribution in [-0.4, -0.2) is 18.4 Å². The van der Waals surface area contributed by atoms with E-state index in [1.165, 1.54) is 0 Å². The molecule has 5 heteroatoms. The van der Waals surface area contributed by atoms with Gasteiger partial charge in [-0.15, -0.1) is 0 Å². The van der Waals surface area contributed by atoms with Gasteiger partial charge in [-0.05, 0) is 34.4 Å². The molecule has 0 spiro atoms. The van der Waals surface area contributed by atoms with Crippen molar-refractivity contribution in [2.45, 2.75) is 19.4 Å². The van der Waals surface area contributed by atoms with Crippen molar-refractivity contribution >= 4 is 23.2 Å². The summed E-state index contributed by atoms with van der Waals surface area (Å²) in [6, 6.07) is 11.4. The molecule has 0 bridgehead atoms. The van der Waals surface area contributed by atoms with Crippen LogP contribution in [0.2, 0.25) is 0 Å². The summed E-state index contributed by atoms with van der Waals surface area (Å²) in [5.74, 6) is -0.569. The Morgan fingerprint density at radius 2 is 1.90 bits per heavy atom. The zero-order chi connectivity index (χ0) is 14.9. The van der Waals surface area contributed by atoms with E-state index in [0.29, 0.717) is 12.8 Å². The van der Waals surface area contributed by atoms with Crippen LogP contribution in [-0.2, 0) is 27.4 Å². The summed E-state index contributed by atoms with van der Waals surface area (Å²) in [4.78, 5) is 23.1. The van der Waals surface area contributed by atoms with Gasteiger partial charge in [0.2, 0.25) is 5.91 Å². The summed E-state index contributed by atoms with van der Waals surface area (Å²) in [7, 11) is 0. The molecule has 1 heterocycles. The number of carbonyl (C=O) groups is 2. The molecule has 1 aromatic heterocycles. The van der Waals surface area contributed by atoms with Gasteiger partial charge in [0.05, 0.1) is 0 Å². The smallest absolute Gasteiger partial charge is 0.325 e. The van der Waals surface area contributed by atoms with E-state index >= 15 is 0 Å². The first-order valence-corrected chi connectivity index (χ1v) is 7.65. The molecule has 110 valence electrons. The molecular weight excluding hydrogens is 286 g/mol. The van der Waals surface area contributed by atoms with E-state index in [0.717, 1.165) is 11.1 Å². The maximum Gasteiger partial charge on any atom is 0.325 e. The second-order valence-corrected chi connectivity index (χ2v) is 5.33. The summed E-state index contributed by atoms with van der Waals surface area (Å²) >= 11 is 1.61. The van der Waals surface area contributed by atoms with E-state index in [1.54, 1.807) is 11.3 Å². The number of rotatable bonds is 7. The summed E-state index contributed by atoms with van der Waals surface area (Å²) in [5, 5.41) is 6.57. The van der Waals surface area contributed by atoms with Crippen molar-refractivity contribution in [3.05, 3.63) is 58.3 Å². The van der Waals surface area contributed by atoms with E-state index in [9.17, 15) is 9.59 Å². The van der Waals surface area contributed by atoms with Gasteiger partial charge in [0, 0.05) is 6.42 Å². The average molecular weight is 303 g/mol. The number of thiophene rings is 1. The molecule has 0 atom stereocenters. The van der Waals surface area contributed by atoms with Crippen molar-refractivity contribution in [2.24, 2.45) is 0 Å². The number of amides is 1. The Morgan fingerprint density at radius 1 is 1.10 bits per heavy atom. The van der Waals surface area contributed by atoms with Crippen molar-refractivity contribution in [3.8, 4) is 0 Å². The number of hydrogen-bond acceptors (Lipinski definition) is 4. The lowest BCUT2D eigenvalue weighted by Crippen LogP contribution is -2.30. The standard InChI is InChI=1S/C16H17NO3S/c18-15(7-6-14-8-9-21-12-14)17-10-16(19)20-11-13-4-2-1-3-5-13/h1-5,8-9,12H,6-7,10-11H2,(H,17,18). The van der Waals surface area contributed by atoms with Gasteiger partial charge in [-0.1, -0.05) is 30.3 Å². The highest BCUT2D eigenvalue weighted by atomic mass is 32.1. The molecule has 0 saturated carbocycles. The Labute approximate surface area is 127 Å².